The molecule has 2 aromatic carbocycles. The maximum Gasteiger partial charge on any atom is 0.416 e. The number of para-hydroxylation sites is 1. The number of nitro benzene ring substituents is 1. The fraction of sp³-hybridized carbons (Fsp3) is 0.263. The van der Waals surface area contributed by atoms with Gasteiger partial charge in [-0.1, -0.05) is 30.4 Å². The van der Waals surface area contributed by atoms with E-state index in [-0.39, 0.29) is 23.6 Å². The van der Waals surface area contributed by atoms with Crippen molar-refractivity contribution in [2.24, 2.45) is 5.92 Å². The van der Waals surface area contributed by atoms with Gasteiger partial charge in [0.15, 0.2) is 0 Å². The second-order valence-corrected chi connectivity index (χ2v) is 6.59. The van der Waals surface area contributed by atoms with Gasteiger partial charge in [0.1, 0.15) is 0 Å². The smallest absolute Gasteiger partial charge is 0.377 e. The van der Waals surface area contributed by atoms with E-state index < -0.39 is 16.7 Å². The lowest BCUT2D eigenvalue weighted by molar-refractivity contribution is -0.385. The largest absolute Gasteiger partial charge is 0.416 e. The number of benzene rings is 2. The molecule has 0 fully saturated rings. The molecule has 3 atom stereocenters. The third kappa shape index (κ3) is 2.64. The highest BCUT2D eigenvalue weighted by Gasteiger charge is 2.41. The first-order valence-corrected chi connectivity index (χ1v) is 8.24. The van der Waals surface area contributed by atoms with Crippen LogP contribution in [0.25, 0.3) is 0 Å². The minimum Gasteiger partial charge on any atom is -0.377 e. The molecule has 4 rings (SSSR count). The lowest BCUT2D eigenvalue weighted by atomic mass is 9.76. The van der Waals surface area contributed by atoms with E-state index in [2.05, 4.69) is 5.32 Å². The molecule has 0 unspecified atom stereocenters. The fourth-order valence-corrected chi connectivity index (χ4v) is 4.00. The van der Waals surface area contributed by atoms with Gasteiger partial charge in [0.25, 0.3) is 5.69 Å². The zero-order valence-corrected chi connectivity index (χ0v) is 13.5. The van der Waals surface area contributed by atoms with Crippen LogP contribution in [0.3, 0.4) is 0 Å². The van der Waals surface area contributed by atoms with Crippen LogP contribution in [0, 0.1) is 16.0 Å². The second-order valence-electron chi connectivity index (χ2n) is 6.59. The third-order valence-electron chi connectivity index (χ3n) is 5.16. The van der Waals surface area contributed by atoms with Crippen molar-refractivity contribution in [3.8, 4) is 0 Å². The zero-order valence-electron chi connectivity index (χ0n) is 13.5. The highest BCUT2D eigenvalue weighted by Crippen LogP contribution is 2.51. The minimum absolute atomic E-state index is 0.0195. The molecule has 4 nitrogen and oxygen atoms in total. The summed E-state index contributed by atoms with van der Waals surface area (Å²) >= 11 is 0. The van der Waals surface area contributed by atoms with Crippen LogP contribution in [0.4, 0.5) is 24.5 Å². The first-order chi connectivity index (χ1) is 12.4. The number of nitrogens with one attached hydrogen (secondary N) is 1. The molecular formula is C19H15F3N2O2. The second kappa shape index (κ2) is 5.86. The predicted octanol–water partition coefficient (Wildman–Crippen LogP) is 5.44. The number of fused-ring (bicyclic) bond motifs is 3. The summed E-state index contributed by atoms with van der Waals surface area (Å²) in [5, 5.41) is 14.6. The monoisotopic (exact) mass is 360 g/mol. The molecule has 2 aromatic rings. The highest BCUT2D eigenvalue weighted by molar-refractivity contribution is 5.62. The Kier molecular flexibility index (Phi) is 3.75. The van der Waals surface area contributed by atoms with Crippen molar-refractivity contribution < 1.29 is 18.1 Å². The summed E-state index contributed by atoms with van der Waals surface area (Å²) in [5.74, 6) is -0.259. The van der Waals surface area contributed by atoms with Gasteiger partial charge < -0.3 is 5.32 Å². The van der Waals surface area contributed by atoms with Gasteiger partial charge in [0.2, 0.25) is 0 Å². The molecule has 26 heavy (non-hydrogen) atoms. The van der Waals surface area contributed by atoms with Crippen LogP contribution in [-0.2, 0) is 6.18 Å². The predicted molar refractivity (Wildman–Crippen MR) is 90.9 cm³/mol. The molecule has 134 valence electrons. The molecule has 0 amide bonds. The lowest BCUT2D eigenvalue weighted by Gasteiger charge is -2.37. The van der Waals surface area contributed by atoms with Crippen LogP contribution in [0.1, 0.15) is 35.1 Å². The van der Waals surface area contributed by atoms with E-state index in [1.54, 1.807) is 18.2 Å². The average molecular weight is 360 g/mol. The van der Waals surface area contributed by atoms with Gasteiger partial charge >= 0.3 is 6.18 Å². The molecule has 1 aliphatic heterocycles. The Labute approximate surface area is 147 Å². The van der Waals surface area contributed by atoms with E-state index in [1.807, 2.05) is 12.2 Å². The fourth-order valence-electron chi connectivity index (χ4n) is 4.00. The van der Waals surface area contributed by atoms with Crippen molar-refractivity contribution in [2.75, 3.05) is 5.32 Å². The van der Waals surface area contributed by atoms with Crippen molar-refractivity contribution in [3.63, 3.8) is 0 Å². The number of allylic oxidation sites excluding steroid dienone is 2. The van der Waals surface area contributed by atoms with Gasteiger partial charge in [-0.05, 0) is 36.1 Å². The summed E-state index contributed by atoms with van der Waals surface area (Å²) in [6.07, 6.45) is 0.104. The van der Waals surface area contributed by atoms with E-state index >= 15 is 0 Å². The highest BCUT2D eigenvalue weighted by atomic mass is 19.4. The van der Waals surface area contributed by atoms with E-state index in [9.17, 15) is 23.3 Å². The van der Waals surface area contributed by atoms with E-state index in [1.165, 1.54) is 18.2 Å². The van der Waals surface area contributed by atoms with Gasteiger partial charge in [-0.3, -0.25) is 10.1 Å². The van der Waals surface area contributed by atoms with Gasteiger partial charge in [0.05, 0.1) is 22.1 Å². The number of nitro groups is 1. The number of hydrogen-bond donors (Lipinski definition) is 1. The summed E-state index contributed by atoms with van der Waals surface area (Å²) in [6, 6.07) is 9.83. The van der Waals surface area contributed by atoms with Crippen LogP contribution in [0.15, 0.2) is 54.6 Å². The molecule has 0 radical (unpaired) electrons. The zero-order chi connectivity index (χ0) is 18.5. The average Bonchev–Trinajstić information content (AvgIpc) is 3.09. The number of alkyl halides is 3. The van der Waals surface area contributed by atoms with Crippen molar-refractivity contribution in [2.45, 2.75) is 24.6 Å². The molecule has 0 bridgehead atoms. The number of halogens is 3. The maximum atomic E-state index is 13.1. The number of hydrogen-bond acceptors (Lipinski definition) is 3. The summed E-state index contributed by atoms with van der Waals surface area (Å²) in [5.41, 5.74) is 1.08. The summed E-state index contributed by atoms with van der Waals surface area (Å²) in [4.78, 5) is 11.0. The molecule has 7 heteroatoms. The van der Waals surface area contributed by atoms with E-state index in [0.717, 1.165) is 6.07 Å². The van der Waals surface area contributed by atoms with E-state index in [0.29, 0.717) is 23.2 Å². The van der Waals surface area contributed by atoms with Gasteiger partial charge in [-0.2, -0.15) is 13.2 Å². The van der Waals surface area contributed by atoms with Gasteiger partial charge in [-0.25, -0.2) is 0 Å². The Bertz CT molecular complexity index is 908. The van der Waals surface area contributed by atoms with Crippen LogP contribution in [0.2, 0.25) is 0 Å². The van der Waals surface area contributed by atoms with Crippen molar-refractivity contribution in [1.82, 2.24) is 0 Å². The summed E-state index contributed by atoms with van der Waals surface area (Å²) in [6.45, 7) is 0. The number of rotatable bonds is 2. The number of nitrogens with zero attached hydrogens (tertiary/aromatic N) is 1. The Morgan fingerprint density at radius 2 is 1.88 bits per heavy atom. The summed E-state index contributed by atoms with van der Waals surface area (Å²) in [7, 11) is 0. The Hall–Kier alpha value is -2.83. The first kappa shape index (κ1) is 16.6. The van der Waals surface area contributed by atoms with Crippen LogP contribution in [0.5, 0.6) is 0 Å². The summed E-state index contributed by atoms with van der Waals surface area (Å²) < 4.78 is 39.2. The van der Waals surface area contributed by atoms with Crippen molar-refractivity contribution in [1.29, 1.82) is 0 Å². The molecule has 0 saturated carbocycles. The molecule has 0 spiro atoms. The van der Waals surface area contributed by atoms with Crippen molar-refractivity contribution >= 4 is 11.4 Å². The Morgan fingerprint density at radius 1 is 1.12 bits per heavy atom. The molecule has 0 saturated heterocycles. The number of anilines is 1. The maximum absolute atomic E-state index is 13.1. The quantitative estimate of drug-likeness (QED) is 0.441. The van der Waals surface area contributed by atoms with Crippen LogP contribution >= 0.6 is 0 Å². The lowest BCUT2D eigenvalue weighted by Crippen LogP contribution is -2.29. The third-order valence-corrected chi connectivity index (χ3v) is 5.16. The Balaban J connectivity index is 1.80. The van der Waals surface area contributed by atoms with Gasteiger partial charge in [-0.15, -0.1) is 0 Å². The van der Waals surface area contributed by atoms with Crippen molar-refractivity contribution in [3.05, 3.63) is 81.4 Å². The van der Waals surface area contributed by atoms with Crippen LogP contribution < -0.4 is 5.32 Å². The Morgan fingerprint density at radius 3 is 2.62 bits per heavy atom. The molecule has 1 heterocycles. The standard InChI is InChI=1S/C19H15F3N2O2/c20-19(21,22)11-8-9-16-15(10-11)12-5-3-6-13(12)18(23-16)14-4-1-2-7-17(14)24(25)26/h1-5,7-10,12-13,18,23H,6H2/t12-,13-,18-/m1/s1. The normalized spacial score (nSPS) is 23.9. The molecule has 1 N–H and O–H groups in total. The topological polar surface area (TPSA) is 55.2 Å². The molecular weight excluding hydrogens is 345 g/mol. The SMILES string of the molecule is O=[N+]([O-])c1ccccc1[C@@H]1Nc2ccc(C(F)(F)F)cc2[C@@H]2C=CC[C@H]21. The molecule has 2 aliphatic rings. The molecule has 1 aliphatic carbocycles. The van der Waals surface area contributed by atoms with Gasteiger partial charge in [0, 0.05) is 17.7 Å². The van der Waals surface area contributed by atoms with E-state index in [4.69, 9.17) is 0 Å². The van der Waals surface area contributed by atoms with Crippen LogP contribution in [-0.4, -0.2) is 4.92 Å². The molecule has 0 aromatic heterocycles. The minimum atomic E-state index is -4.40. The first-order valence-electron chi connectivity index (χ1n) is 8.24.